The van der Waals surface area contributed by atoms with E-state index in [-0.39, 0.29) is 17.4 Å². The van der Waals surface area contributed by atoms with Crippen LogP contribution in [0.4, 0.5) is 11.6 Å². The fourth-order valence-electron chi connectivity index (χ4n) is 3.01. The number of nitrogens with zero attached hydrogens (tertiary/aromatic N) is 2. The lowest BCUT2D eigenvalue weighted by atomic mass is 9.86. The lowest BCUT2D eigenvalue weighted by molar-refractivity contribution is 0.0853. The quantitative estimate of drug-likeness (QED) is 0.860. The predicted molar refractivity (Wildman–Crippen MR) is 102 cm³/mol. The zero-order valence-corrected chi connectivity index (χ0v) is 15.6. The van der Waals surface area contributed by atoms with Crippen molar-refractivity contribution in [1.29, 1.82) is 0 Å². The molecule has 2 N–H and O–H groups in total. The number of hydrogen-bond acceptors (Lipinski definition) is 5. The van der Waals surface area contributed by atoms with E-state index in [1.54, 1.807) is 12.3 Å². The predicted octanol–water partition coefficient (Wildman–Crippen LogP) is 3.43. The third-order valence-electron chi connectivity index (χ3n) is 4.38. The van der Waals surface area contributed by atoms with Crippen molar-refractivity contribution in [2.45, 2.75) is 45.1 Å². The van der Waals surface area contributed by atoms with Crippen LogP contribution in [0.5, 0.6) is 0 Å². The SMILES string of the molecule is CC(C)(C)c1ccccc1Nc1nccc(C(=O)NCC2CCCO2)n1. The number of benzene rings is 1. The molecule has 6 nitrogen and oxygen atoms in total. The minimum atomic E-state index is -0.213. The summed E-state index contributed by atoms with van der Waals surface area (Å²) in [6.45, 7) is 7.75. The molecule has 0 bridgehead atoms. The molecule has 1 unspecified atom stereocenters. The fraction of sp³-hybridized carbons (Fsp3) is 0.450. The van der Waals surface area contributed by atoms with E-state index in [1.807, 2.05) is 18.2 Å². The number of anilines is 2. The molecule has 0 spiro atoms. The van der Waals surface area contributed by atoms with Gasteiger partial charge in [0.15, 0.2) is 0 Å². The Hall–Kier alpha value is -2.47. The standard InChI is InChI=1S/C20H26N4O2/c1-20(2,3)15-8-4-5-9-16(15)23-19-21-11-10-17(24-19)18(25)22-13-14-7-6-12-26-14/h4-5,8-11,14H,6-7,12-13H2,1-3H3,(H,22,25)(H,21,23,24). The minimum absolute atomic E-state index is 0.0140. The molecule has 1 amide bonds. The first-order chi connectivity index (χ1) is 12.4. The number of hydrogen-bond donors (Lipinski definition) is 2. The van der Waals surface area contributed by atoms with Gasteiger partial charge in [-0.25, -0.2) is 9.97 Å². The van der Waals surface area contributed by atoms with Crippen LogP contribution in [0.2, 0.25) is 0 Å². The molecule has 3 rings (SSSR count). The number of amides is 1. The summed E-state index contributed by atoms with van der Waals surface area (Å²) in [4.78, 5) is 21.0. The van der Waals surface area contributed by atoms with Gasteiger partial charge < -0.3 is 15.4 Å². The Morgan fingerprint density at radius 3 is 2.81 bits per heavy atom. The van der Waals surface area contributed by atoms with Gasteiger partial charge in [0.05, 0.1) is 6.10 Å². The van der Waals surface area contributed by atoms with Gasteiger partial charge in [-0.2, -0.15) is 0 Å². The van der Waals surface area contributed by atoms with Crippen molar-refractivity contribution < 1.29 is 9.53 Å². The van der Waals surface area contributed by atoms with Crippen LogP contribution in [0.15, 0.2) is 36.5 Å². The minimum Gasteiger partial charge on any atom is -0.376 e. The van der Waals surface area contributed by atoms with Crippen LogP contribution in [-0.2, 0) is 10.2 Å². The third kappa shape index (κ3) is 4.58. The first-order valence-electron chi connectivity index (χ1n) is 9.03. The zero-order chi connectivity index (χ0) is 18.6. The van der Waals surface area contributed by atoms with Crippen molar-refractivity contribution >= 4 is 17.5 Å². The lowest BCUT2D eigenvalue weighted by Gasteiger charge is -2.23. The molecule has 26 heavy (non-hydrogen) atoms. The molecule has 138 valence electrons. The summed E-state index contributed by atoms with van der Waals surface area (Å²) in [5, 5.41) is 6.13. The topological polar surface area (TPSA) is 76.1 Å². The number of carbonyl (C=O) groups is 1. The number of carbonyl (C=O) groups excluding carboxylic acids is 1. The lowest BCUT2D eigenvalue weighted by Crippen LogP contribution is -2.32. The number of para-hydroxylation sites is 1. The van der Waals surface area contributed by atoms with E-state index < -0.39 is 0 Å². The summed E-state index contributed by atoms with van der Waals surface area (Å²) in [5.74, 6) is 0.196. The Labute approximate surface area is 154 Å². The third-order valence-corrected chi connectivity index (χ3v) is 4.38. The molecule has 0 saturated carbocycles. The van der Waals surface area contributed by atoms with Crippen LogP contribution in [0.25, 0.3) is 0 Å². The van der Waals surface area contributed by atoms with Gasteiger partial charge in [-0.05, 0) is 36.0 Å². The number of ether oxygens (including phenoxy) is 1. The second kappa shape index (κ2) is 7.83. The van der Waals surface area contributed by atoms with Crippen molar-refractivity contribution in [3.05, 3.63) is 47.8 Å². The van der Waals surface area contributed by atoms with Gasteiger partial charge in [0.25, 0.3) is 5.91 Å². The molecule has 1 saturated heterocycles. The summed E-state index contributed by atoms with van der Waals surface area (Å²) < 4.78 is 5.53. The van der Waals surface area contributed by atoms with Crippen molar-refractivity contribution in [3.8, 4) is 0 Å². The van der Waals surface area contributed by atoms with Crippen molar-refractivity contribution in [2.75, 3.05) is 18.5 Å². The van der Waals surface area contributed by atoms with E-state index in [0.717, 1.165) is 30.7 Å². The molecule has 6 heteroatoms. The summed E-state index contributed by atoms with van der Waals surface area (Å²) in [5.41, 5.74) is 2.43. The Morgan fingerprint density at radius 2 is 2.08 bits per heavy atom. The maximum atomic E-state index is 12.3. The fourth-order valence-corrected chi connectivity index (χ4v) is 3.01. The van der Waals surface area contributed by atoms with Gasteiger partial charge in [-0.15, -0.1) is 0 Å². The van der Waals surface area contributed by atoms with Crippen LogP contribution < -0.4 is 10.6 Å². The maximum Gasteiger partial charge on any atom is 0.270 e. The number of nitrogens with one attached hydrogen (secondary N) is 2. The molecule has 0 radical (unpaired) electrons. The zero-order valence-electron chi connectivity index (χ0n) is 15.6. The second-order valence-electron chi connectivity index (χ2n) is 7.53. The highest BCUT2D eigenvalue weighted by atomic mass is 16.5. The number of aromatic nitrogens is 2. The van der Waals surface area contributed by atoms with E-state index >= 15 is 0 Å². The maximum absolute atomic E-state index is 12.3. The summed E-state index contributed by atoms with van der Waals surface area (Å²) in [7, 11) is 0. The van der Waals surface area contributed by atoms with Crippen LogP contribution in [0.3, 0.4) is 0 Å². The second-order valence-corrected chi connectivity index (χ2v) is 7.53. The molecule has 1 aliphatic rings. The molecule has 1 aliphatic heterocycles. The Morgan fingerprint density at radius 1 is 1.27 bits per heavy atom. The highest BCUT2D eigenvalue weighted by Crippen LogP contribution is 2.30. The Bertz CT molecular complexity index is 764. The van der Waals surface area contributed by atoms with E-state index in [4.69, 9.17) is 4.74 Å². The molecule has 1 aromatic carbocycles. The van der Waals surface area contributed by atoms with E-state index in [2.05, 4.69) is 47.4 Å². The van der Waals surface area contributed by atoms with Gasteiger partial charge in [0.1, 0.15) is 5.69 Å². The van der Waals surface area contributed by atoms with Crippen LogP contribution in [0, 0.1) is 0 Å². The first kappa shape index (κ1) is 18.3. The monoisotopic (exact) mass is 354 g/mol. The molecule has 2 heterocycles. The summed E-state index contributed by atoms with van der Waals surface area (Å²) in [6.07, 6.45) is 3.74. The largest absolute Gasteiger partial charge is 0.376 e. The molecule has 2 aromatic rings. The van der Waals surface area contributed by atoms with Gasteiger partial charge in [0, 0.05) is 25.0 Å². The number of rotatable bonds is 5. The average Bonchev–Trinajstić information content (AvgIpc) is 3.13. The van der Waals surface area contributed by atoms with E-state index in [9.17, 15) is 4.79 Å². The Kier molecular flexibility index (Phi) is 5.52. The molecule has 1 aromatic heterocycles. The van der Waals surface area contributed by atoms with Gasteiger partial charge in [0.2, 0.25) is 5.95 Å². The van der Waals surface area contributed by atoms with Gasteiger partial charge in [-0.3, -0.25) is 4.79 Å². The molecular formula is C20H26N4O2. The highest BCUT2D eigenvalue weighted by molar-refractivity contribution is 5.92. The Balaban J connectivity index is 1.70. The first-order valence-corrected chi connectivity index (χ1v) is 9.03. The van der Waals surface area contributed by atoms with E-state index in [1.165, 1.54) is 0 Å². The van der Waals surface area contributed by atoms with Gasteiger partial charge in [-0.1, -0.05) is 39.0 Å². The molecule has 1 atom stereocenters. The van der Waals surface area contributed by atoms with Gasteiger partial charge >= 0.3 is 0 Å². The van der Waals surface area contributed by atoms with Crippen molar-refractivity contribution in [3.63, 3.8) is 0 Å². The van der Waals surface area contributed by atoms with Crippen molar-refractivity contribution in [2.24, 2.45) is 0 Å². The molecule has 1 fully saturated rings. The van der Waals surface area contributed by atoms with E-state index in [0.29, 0.717) is 18.2 Å². The van der Waals surface area contributed by atoms with Crippen LogP contribution in [-0.4, -0.2) is 35.1 Å². The normalized spacial score (nSPS) is 17.1. The molecular weight excluding hydrogens is 328 g/mol. The summed E-state index contributed by atoms with van der Waals surface area (Å²) >= 11 is 0. The molecule has 0 aliphatic carbocycles. The van der Waals surface area contributed by atoms with Crippen LogP contribution >= 0.6 is 0 Å². The van der Waals surface area contributed by atoms with Crippen LogP contribution in [0.1, 0.15) is 49.7 Å². The average molecular weight is 354 g/mol. The summed E-state index contributed by atoms with van der Waals surface area (Å²) in [6, 6.07) is 9.68. The smallest absolute Gasteiger partial charge is 0.270 e. The van der Waals surface area contributed by atoms with Crippen molar-refractivity contribution in [1.82, 2.24) is 15.3 Å². The highest BCUT2D eigenvalue weighted by Gasteiger charge is 2.19.